The zero-order chi connectivity index (χ0) is 18.8. The van der Waals surface area contributed by atoms with Crippen molar-refractivity contribution in [3.63, 3.8) is 0 Å². The topological polar surface area (TPSA) is 51.0 Å². The van der Waals surface area contributed by atoms with Crippen molar-refractivity contribution in [1.82, 2.24) is 4.98 Å². The van der Waals surface area contributed by atoms with Crippen LogP contribution in [0.15, 0.2) is 54.6 Å². The van der Waals surface area contributed by atoms with Gasteiger partial charge in [-0.3, -0.25) is 0 Å². The molecule has 3 aromatic carbocycles. The summed E-state index contributed by atoms with van der Waals surface area (Å²) in [6, 6.07) is 19.3. The molecule has 0 amide bonds. The van der Waals surface area contributed by atoms with E-state index < -0.39 is 0 Å². The van der Waals surface area contributed by atoms with Crippen LogP contribution in [0.25, 0.3) is 32.9 Å². The summed E-state index contributed by atoms with van der Waals surface area (Å²) in [6.45, 7) is 2.82. The molecule has 3 heteroatoms. The maximum absolute atomic E-state index is 5.75. The van der Waals surface area contributed by atoms with Crippen LogP contribution in [0.2, 0.25) is 0 Å². The van der Waals surface area contributed by atoms with Gasteiger partial charge in [0, 0.05) is 16.3 Å². The maximum atomic E-state index is 5.75. The van der Waals surface area contributed by atoms with Gasteiger partial charge in [0.15, 0.2) is 0 Å². The van der Waals surface area contributed by atoms with Gasteiger partial charge in [-0.25, -0.2) is 0 Å². The normalized spacial score (nSPS) is 11.4. The lowest BCUT2D eigenvalue weighted by Crippen LogP contribution is -1.99. The number of methoxy groups -OCH3 is 1. The lowest BCUT2D eigenvalue weighted by molar-refractivity contribution is 0.413. The van der Waals surface area contributed by atoms with Gasteiger partial charge in [-0.15, -0.1) is 0 Å². The molecule has 3 nitrogen and oxygen atoms in total. The van der Waals surface area contributed by atoms with E-state index in [1.54, 1.807) is 7.11 Å². The summed E-state index contributed by atoms with van der Waals surface area (Å²) < 4.78 is 5.75. The fourth-order valence-electron chi connectivity index (χ4n) is 4.05. The fourth-order valence-corrected chi connectivity index (χ4v) is 4.05. The molecule has 0 aliphatic rings. The Morgan fingerprint density at radius 2 is 1.78 bits per heavy atom. The second-order valence-electron chi connectivity index (χ2n) is 7.09. The smallest absolute Gasteiger partial charge is 0.131 e. The molecule has 0 saturated heterocycles. The summed E-state index contributed by atoms with van der Waals surface area (Å²) in [5.74, 6) is 0.938. The van der Waals surface area contributed by atoms with Gasteiger partial charge in [-0.1, -0.05) is 48.5 Å². The van der Waals surface area contributed by atoms with Gasteiger partial charge in [0.1, 0.15) is 5.75 Å². The minimum absolute atomic E-state index is 0.731. The molecule has 0 fully saturated rings. The lowest BCUT2D eigenvalue weighted by atomic mass is 9.97. The standard InChI is InChI=1S/C24H26N2O/c1-16-8-7-12-21(24(16)27-2)23-19(11-5-6-15-25)20-14-13-17-9-3-4-10-18(17)22(20)26-23/h3-4,7-10,12-14,26H,5-6,11,15,25H2,1-2H3. The van der Waals surface area contributed by atoms with E-state index in [1.807, 2.05) is 0 Å². The second kappa shape index (κ2) is 7.45. The Kier molecular flexibility index (Phi) is 4.87. The van der Waals surface area contributed by atoms with Gasteiger partial charge < -0.3 is 15.5 Å². The molecule has 4 aromatic rings. The molecule has 4 rings (SSSR count). The van der Waals surface area contributed by atoms with Crippen molar-refractivity contribution in [2.24, 2.45) is 5.73 Å². The van der Waals surface area contributed by atoms with E-state index in [2.05, 4.69) is 66.5 Å². The fraction of sp³-hybridized carbons (Fsp3) is 0.250. The highest BCUT2D eigenvalue weighted by Crippen LogP contribution is 2.39. The van der Waals surface area contributed by atoms with Crippen LogP contribution in [-0.4, -0.2) is 18.6 Å². The van der Waals surface area contributed by atoms with Gasteiger partial charge in [0.05, 0.1) is 18.3 Å². The first-order chi connectivity index (χ1) is 13.2. The van der Waals surface area contributed by atoms with Crippen LogP contribution in [-0.2, 0) is 6.42 Å². The number of benzene rings is 3. The first-order valence-electron chi connectivity index (χ1n) is 9.61. The third-order valence-electron chi connectivity index (χ3n) is 5.37. The molecule has 3 N–H and O–H groups in total. The van der Waals surface area contributed by atoms with E-state index in [4.69, 9.17) is 10.5 Å². The molecule has 27 heavy (non-hydrogen) atoms. The molecular weight excluding hydrogens is 332 g/mol. The predicted octanol–water partition coefficient (Wildman–Crippen LogP) is 5.59. The minimum Gasteiger partial charge on any atom is -0.496 e. The zero-order valence-corrected chi connectivity index (χ0v) is 16.0. The number of aromatic nitrogens is 1. The lowest BCUT2D eigenvalue weighted by Gasteiger charge is -2.12. The van der Waals surface area contributed by atoms with Crippen molar-refractivity contribution >= 4 is 21.7 Å². The van der Waals surface area contributed by atoms with Crippen molar-refractivity contribution < 1.29 is 4.74 Å². The Balaban J connectivity index is 1.99. The van der Waals surface area contributed by atoms with Crippen molar-refractivity contribution in [2.75, 3.05) is 13.7 Å². The monoisotopic (exact) mass is 358 g/mol. The summed E-state index contributed by atoms with van der Waals surface area (Å²) in [7, 11) is 1.75. The van der Waals surface area contributed by atoms with Crippen molar-refractivity contribution in [3.8, 4) is 17.0 Å². The highest BCUT2D eigenvalue weighted by Gasteiger charge is 2.18. The Hall–Kier alpha value is -2.78. The Bertz CT molecular complexity index is 1090. The van der Waals surface area contributed by atoms with Crippen molar-refractivity contribution in [2.45, 2.75) is 26.2 Å². The third-order valence-corrected chi connectivity index (χ3v) is 5.37. The number of unbranched alkanes of at least 4 members (excludes halogenated alkanes) is 1. The number of fused-ring (bicyclic) bond motifs is 3. The van der Waals surface area contributed by atoms with Crippen molar-refractivity contribution in [1.29, 1.82) is 0 Å². The molecule has 0 unspecified atom stereocenters. The average Bonchev–Trinajstić information content (AvgIpc) is 3.07. The summed E-state index contributed by atoms with van der Waals surface area (Å²) in [5.41, 5.74) is 11.7. The average molecular weight is 358 g/mol. The van der Waals surface area contributed by atoms with Crippen molar-refractivity contribution in [3.05, 3.63) is 65.7 Å². The number of para-hydroxylation sites is 1. The second-order valence-corrected chi connectivity index (χ2v) is 7.09. The van der Waals surface area contributed by atoms with Gasteiger partial charge in [-0.2, -0.15) is 0 Å². The molecule has 138 valence electrons. The van der Waals surface area contributed by atoms with Crippen LogP contribution in [0, 0.1) is 6.92 Å². The Labute approximate surface area is 160 Å². The highest BCUT2D eigenvalue weighted by atomic mass is 16.5. The largest absolute Gasteiger partial charge is 0.496 e. The molecule has 0 aliphatic heterocycles. The number of nitrogens with two attached hydrogens (primary N) is 1. The summed E-state index contributed by atoms with van der Waals surface area (Å²) in [6.07, 6.45) is 3.12. The first kappa shape index (κ1) is 17.6. The molecular formula is C24H26N2O. The van der Waals surface area contributed by atoms with E-state index in [0.29, 0.717) is 0 Å². The molecule has 1 aromatic heterocycles. The third kappa shape index (κ3) is 3.08. The quantitative estimate of drug-likeness (QED) is 0.442. The number of hydrogen-bond acceptors (Lipinski definition) is 2. The van der Waals surface area contributed by atoms with Crippen LogP contribution in [0.1, 0.15) is 24.0 Å². The highest BCUT2D eigenvalue weighted by molar-refractivity contribution is 6.09. The summed E-state index contributed by atoms with van der Waals surface area (Å²) in [5, 5.41) is 3.81. The van der Waals surface area contributed by atoms with E-state index in [9.17, 15) is 0 Å². The van der Waals surface area contributed by atoms with Crippen LogP contribution in [0.5, 0.6) is 5.75 Å². The van der Waals surface area contributed by atoms with Crippen LogP contribution in [0.4, 0.5) is 0 Å². The predicted molar refractivity (Wildman–Crippen MR) is 115 cm³/mol. The number of H-pyrrole nitrogens is 1. The number of rotatable bonds is 6. The summed E-state index contributed by atoms with van der Waals surface area (Å²) >= 11 is 0. The molecule has 0 spiro atoms. The Morgan fingerprint density at radius 3 is 2.59 bits per heavy atom. The van der Waals surface area contributed by atoms with Crippen LogP contribution in [0.3, 0.4) is 0 Å². The molecule has 0 radical (unpaired) electrons. The first-order valence-corrected chi connectivity index (χ1v) is 9.61. The molecule has 1 heterocycles. The van der Waals surface area contributed by atoms with E-state index >= 15 is 0 Å². The van der Waals surface area contributed by atoms with E-state index in [0.717, 1.165) is 42.7 Å². The molecule has 0 bridgehead atoms. The number of aromatic amines is 1. The number of hydrogen-bond donors (Lipinski definition) is 2. The number of aryl methyl sites for hydroxylation is 2. The Morgan fingerprint density at radius 1 is 0.926 bits per heavy atom. The van der Waals surface area contributed by atoms with E-state index in [-0.39, 0.29) is 0 Å². The minimum atomic E-state index is 0.731. The summed E-state index contributed by atoms with van der Waals surface area (Å²) in [4.78, 5) is 3.74. The van der Waals surface area contributed by atoms with Gasteiger partial charge in [0.2, 0.25) is 0 Å². The molecule has 0 atom stereocenters. The van der Waals surface area contributed by atoms with Crippen LogP contribution >= 0.6 is 0 Å². The van der Waals surface area contributed by atoms with Gasteiger partial charge in [-0.05, 0) is 55.3 Å². The number of ether oxygens (including phenoxy) is 1. The van der Waals surface area contributed by atoms with Gasteiger partial charge >= 0.3 is 0 Å². The SMILES string of the molecule is COc1c(C)cccc1-c1[nH]c2c(ccc3ccccc32)c1CCCCN. The molecule has 0 aliphatic carbocycles. The maximum Gasteiger partial charge on any atom is 0.131 e. The van der Waals surface area contributed by atoms with E-state index in [1.165, 1.54) is 32.9 Å². The molecule has 0 saturated carbocycles. The van der Waals surface area contributed by atoms with Gasteiger partial charge in [0.25, 0.3) is 0 Å². The van der Waals surface area contributed by atoms with Crippen LogP contribution < -0.4 is 10.5 Å². The zero-order valence-electron chi connectivity index (χ0n) is 16.0. The number of nitrogens with one attached hydrogen (secondary N) is 1.